The molecule has 1 saturated carbocycles. The lowest BCUT2D eigenvalue weighted by molar-refractivity contribution is -0.127. The molecule has 1 aromatic rings. The van der Waals surface area contributed by atoms with Crippen LogP contribution in [0.15, 0.2) is 18.2 Å². The summed E-state index contributed by atoms with van der Waals surface area (Å²) < 4.78 is 14.2. The summed E-state index contributed by atoms with van der Waals surface area (Å²) >= 11 is 0. The highest BCUT2D eigenvalue weighted by molar-refractivity contribution is 6.00. The normalized spacial score (nSPS) is 29.3. The first-order chi connectivity index (χ1) is 11.8. The van der Waals surface area contributed by atoms with Gasteiger partial charge in [-0.15, -0.1) is 0 Å². The molecular formula is C19H25FN2O3. The molecule has 25 heavy (non-hydrogen) atoms. The molecule has 0 spiro atoms. The van der Waals surface area contributed by atoms with Gasteiger partial charge in [0.1, 0.15) is 5.82 Å². The highest BCUT2D eigenvalue weighted by Gasteiger charge is 2.42. The molecule has 0 aromatic heterocycles. The van der Waals surface area contributed by atoms with Crippen molar-refractivity contribution in [2.75, 3.05) is 18.1 Å². The van der Waals surface area contributed by atoms with Gasteiger partial charge in [-0.3, -0.25) is 9.59 Å². The summed E-state index contributed by atoms with van der Waals surface area (Å²) in [5.74, 6) is -1.36. The molecule has 0 radical (unpaired) electrons. The predicted molar refractivity (Wildman–Crippen MR) is 92.6 cm³/mol. The van der Waals surface area contributed by atoms with Gasteiger partial charge in [-0.25, -0.2) is 4.39 Å². The maximum absolute atomic E-state index is 14.2. The van der Waals surface area contributed by atoms with Crippen molar-refractivity contribution in [3.8, 4) is 0 Å². The fraction of sp³-hybridized carbons (Fsp3) is 0.579. The van der Waals surface area contributed by atoms with Crippen LogP contribution >= 0.6 is 0 Å². The van der Waals surface area contributed by atoms with E-state index >= 15 is 0 Å². The van der Waals surface area contributed by atoms with Crippen LogP contribution in [0.2, 0.25) is 0 Å². The number of aliphatic hydroxyl groups excluding tert-OH is 1. The number of aryl methyl sites for hydroxylation is 1. The van der Waals surface area contributed by atoms with Gasteiger partial charge in [0, 0.05) is 24.4 Å². The van der Waals surface area contributed by atoms with Crippen LogP contribution in [-0.2, 0) is 9.59 Å². The average molecular weight is 348 g/mol. The molecule has 1 aliphatic heterocycles. The number of carbonyl (C=O) groups is 2. The van der Waals surface area contributed by atoms with E-state index in [4.69, 9.17) is 0 Å². The summed E-state index contributed by atoms with van der Waals surface area (Å²) in [7, 11) is 0. The number of rotatable bonds is 4. The molecule has 2 N–H and O–H groups in total. The van der Waals surface area contributed by atoms with E-state index in [0.29, 0.717) is 0 Å². The molecular weight excluding hydrogens is 323 g/mol. The summed E-state index contributed by atoms with van der Waals surface area (Å²) in [5, 5.41) is 12.6. The Morgan fingerprint density at radius 2 is 2.24 bits per heavy atom. The molecule has 6 heteroatoms. The highest BCUT2D eigenvalue weighted by atomic mass is 19.1. The number of hydrogen-bond donors (Lipinski definition) is 2. The Labute approximate surface area is 147 Å². The summed E-state index contributed by atoms with van der Waals surface area (Å²) in [6.45, 7) is 3.98. The number of nitrogens with one attached hydrogen (secondary N) is 1. The van der Waals surface area contributed by atoms with E-state index in [-0.39, 0.29) is 48.5 Å². The first-order valence-electron chi connectivity index (χ1n) is 8.82. The Kier molecular flexibility index (Phi) is 4.82. The minimum absolute atomic E-state index is 0.0300. The number of benzene rings is 1. The van der Waals surface area contributed by atoms with Crippen molar-refractivity contribution in [1.29, 1.82) is 0 Å². The van der Waals surface area contributed by atoms with E-state index in [1.807, 2.05) is 6.92 Å². The summed E-state index contributed by atoms with van der Waals surface area (Å²) in [6, 6.07) is 4.65. The molecule has 2 fully saturated rings. The van der Waals surface area contributed by atoms with Crippen LogP contribution in [0.4, 0.5) is 10.1 Å². The molecule has 3 atom stereocenters. The smallest absolute Gasteiger partial charge is 0.227 e. The molecule has 1 aliphatic carbocycles. The van der Waals surface area contributed by atoms with Crippen LogP contribution in [0.5, 0.6) is 0 Å². The first-order valence-corrected chi connectivity index (χ1v) is 8.82. The quantitative estimate of drug-likeness (QED) is 0.876. The van der Waals surface area contributed by atoms with Crippen molar-refractivity contribution in [2.45, 2.75) is 45.6 Å². The Balaban J connectivity index is 1.69. The monoisotopic (exact) mass is 348 g/mol. The van der Waals surface area contributed by atoms with Crippen molar-refractivity contribution in [2.24, 2.45) is 11.3 Å². The lowest BCUT2D eigenvalue weighted by Gasteiger charge is -2.30. The largest absolute Gasteiger partial charge is 0.396 e. The van der Waals surface area contributed by atoms with E-state index in [9.17, 15) is 19.1 Å². The Morgan fingerprint density at radius 1 is 1.48 bits per heavy atom. The van der Waals surface area contributed by atoms with Crippen molar-refractivity contribution < 1.29 is 19.1 Å². The second-order valence-electron chi connectivity index (χ2n) is 7.63. The fourth-order valence-electron chi connectivity index (χ4n) is 3.90. The fourth-order valence-corrected chi connectivity index (χ4v) is 3.90. The van der Waals surface area contributed by atoms with Crippen molar-refractivity contribution in [3.63, 3.8) is 0 Å². The predicted octanol–water partition coefficient (Wildman–Crippen LogP) is 2.15. The second kappa shape index (κ2) is 6.75. The van der Waals surface area contributed by atoms with Crippen LogP contribution in [0.1, 0.15) is 38.2 Å². The van der Waals surface area contributed by atoms with E-state index in [0.717, 1.165) is 24.8 Å². The zero-order valence-corrected chi connectivity index (χ0v) is 14.7. The van der Waals surface area contributed by atoms with Crippen molar-refractivity contribution >= 4 is 17.5 Å². The molecule has 3 unspecified atom stereocenters. The summed E-state index contributed by atoms with van der Waals surface area (Å²) in [6.07, 6.45) is 2.76. The van der Waals surface area contributed by atoms with Gasteiger partial charge in [-0.05, 0) is 37.5 Å². The van der Waals surface area contributed by atoms with Crippen LogP contribution in [0.3, 0.4) is 0 Å². The topological polar surface area (TPSA) is 69.6 Å². The highest BCUT2D eigenvalue weighted by Crippen LogP contribution is 2.38. The third kappa shape index (κ3) is 3.40. The van der Waals surface area contributed by atoms with Crippen LogP contribution < -0.4 is 10.2 Å². The minimum Gasteiger partial charge on any atom is -0.396 e. The first kappa shape index (κ1) is 17.9. The maximum Gasteiger partial charge on any atom is 0.227 e. The van der Waals surface area contributed by atoms with Crippen molar-refractivity contribution in [3.05, 3.63) is 29.6 Å². The lowest BCUT2D eigenvalue weighted by Crippen LogP contribution is -2.47. The average Bonchev–Trinajstić information content (AvgIpc) is 3.12. The van der Waals surface area contributed by atoms with E-state index in [1.165, 1.54) is 11.0 Å². The van der Waals surface area contributed by atoms with E-state index < -0.39 is 11.7 Å². The Bertz CT molecular complexity index is 693. The van der Waals surface area contributed by atoms with Gasteiger partial charge >= 0.3 is 0 Å². The standard InChI is InChI=1S/C19H25FN2O3/c1-12-5-6-15(14(20)8-12)22-10-13(9-17(22)24)18(25)21-16-4-3-7-19(16,2)11-23/h5-6,8,13,16,23H,3-4,7,9-11H2,1-2H3,(H,21,25). The molecule has 0 bridgehead atoms. The zero-order valence-electron chi connectivity index (χ0n) is 14.7. The Hall–Kier alpha value is -1.95. The van der Waals surface area contributed by atoms with Gasteiger partial charge in [-0.2, -0.15) is 0 Å². The van der Waals surface area contributed by atoms with Gasteiger partial charge in [0.2, 0.25) is 11.8 Å². The molecule has 2 aliphatic rings. The maximum atomic E-state index is 14.2. The Morgan fingerprint density at radius 3 is 2.92 bits per heavy atom. The van der Waals surface area contributed by atoms with E-state index in [1.54, 1.807) is 19.1 Å². The number of carbonyl (C=O) groups excluding carboxylic acids is 2. The van der Waals surface area contributed by atoms with Crippen LogP contribution in [0, 0.1) is 24.1 Å². The molecule has 3 rings (SSSR count). The lowest BCUT2D eigenvalue weighted by atomic mass is 9.85. The number of hydrogen-bond acceptors (Lipinski definition) is 3. The number of amides is 2. The van der Waals surface area contributed by atoms with Crippen LogP contribution in [-0.4, -0.2) is 36.1 Å². The van der Waals surface area contributed by atoms with Gasteiger partial charge in [-0.1, -0.05) is 19.4 Å². The molecule has 5 nitrogen and oxygen atoms in total. The van der Waals surface area contributed by atoms with Crippen LogP contribution in [0.25, 0.3) is 0 Å². The zero-order chi connectivity index (χ0) is 18.2. The third-order valence-corrected chi connectivity index (χ3v) is 5.65. The third-order valence-electron chi connectivity index (χ3n) is 5.65. The minimum atomic E-state index is -0.489. The van der Waals surface area contributed by atoms with Gasteiger partial charge in [0.25, 0.3) is 0 Å². The molecule has 1 aromatic carbocycles. The molecule has 1 heterocycles. The number of halogens is 1. The summed E-state index contributed by atoms with van der Waals surface area (Å²) in [5.41, 5.74) is 0.708. The SMILES string of the molecule is Cc1ccc(N2CC(C(=O)NC3CCCC3(C)CO)CC2=O)c(F)c1. The van der Waals surface area contributed by atoms with E-state index in [2.05, 4.69) is 5.32 Å². The van der Waals surface area contributed by atoms with Crippen molar-refractivity contribution in [1.82, 2.24) is 5.32 Å². The van der Waals surface area contributed by atoms with Gasteiger partial charge in [0.05, 0.1) is 18.2 Å². The second-order valence-corrected chi connectivity index (χ2v) is 7.63. The summed E-state index contributed by atoms with van der Waals surface area (Å²) in [4.78, 5) is 26.2. The molecule has 2 amide bonds. The number of anilines is 1. The molecule has 136 valence electrons. The number of nitrogens with zero attached hydrogens (tertiary/aromatic N) is 1. The molecule has 1 saturated heterocycles. The van der Waals surface area contributed by atoms with Gasteiger partial charge < -0.3 is 15.3 Å². The van der Waals surface area contributed by atoms with Gasteiger partial charge in [0.15, 0.2) is 0 Å². The number of aliphatic hydroxyl groups is 1.